The van der Waals surface area contributed by atoms with E-state index < -0.39 is 0 Å². The standard InChI is InChI=1S/C24H27FN4O2/c1-18-23(19(2)29(26-18)21-10-8-20(25)9-11-21)24(30)28-14-12-27(13-15-28)16-17-31-22-6-4-3-5-7-22/h3-11H,12-17H2,1-2H3. The largest absolute Gasteiger partial charge is 0.492 e. The highest BCUT2D eigenvalue weighted by molar-refractivity contribution is 5.96. The SMILES string of the molecule is Cc1nn(-c2ccc(F)cc2)c(C)c1C(=O)N1CCN(CCOc2ccccc2)CC1. The molecule has 2 heterocycles. The first-order valence-corrected chi connectivity index (χ1v) is 10.5. The number of nitrogens with zero attached hydrogens (tertiary/aromatic N) is 4. The van der Waals surface area contributed by atoms with Gasteiger partial charge in [0.25, 0.3) is 5.91 Å². The summed E-state index contributed by atoms with van der Waals surface area (Å²) in [6.45, 7) is 8.15. The van der Waals surface area contributed by atoms with Crippen molar-refractivity contribution in [1.82, 2.24) is 19.6 Å². The molecule has 0 radical (unpaired) electrons. The topological polar surface area (TPSA) is 50.6 Å². The number of benzene rings is 2. The molecular formula is C24H27FN4O2. The van der Waals surface area contributed by atoms with Gasteiger partial charge in [-0.2, -0.15) is 5.10 Å². The van der Waals surface area contributed by atoms with E-state index in [1.54, 1.807) is 16.8 Å². The van der Waals surface area contributed by atoms with Crippen LogP contribution in [0.5, 0.6) is 5.75 Å². The fourth-order valence-corrected chi connectivity index (χ4v) is 3.93. The second-order valence-electron chi connectivity index (χ2n) is 7.73. The maximum atomic E-state index is 13.3. The Morgan fingerprint density at radius 1 is 1.00 bits per heavy atom. The van der Waals surface area contributed by atoms with Gasteiger partial charge in [-0.05, 0) is 50.2 Å². The van der Waals surface area contributed by atoms with Crippen LogP contribution < -0.4 is 4.74 Å². The van der Waals surface area contributed by atoms with Crippen LogP contribution in [0.2, 0.25) is 0 Å². The number of amides is 1. The number of carbonyl (C=O) groups excluding carboxylic acids is 1. The third-order valence-corrected chi connectivity index (χ3v) is 5.66. The summed E-state index contributed by atoms with van der Waals surface area (Å²) in [6, 6.07) is 15.9. The average molecular weight is 423 g/mol. The monoisotopic (exact) mass is 422 g/mol. The molecule has 1 aliphatic rings. The Labute approximate surface area is 181 Å². The van der Waals surface area contributed by atoms with Gasteiger partial charge in [0.05, 0.1) is 22.6 Å². The van der Waals surface area contributed by atoms with Crippen molar-refractivity contribution < 1.29 is 13.9 Å². The van der Waals surface area contributed by atoms with Crippen molar-refractivity contribution in [3.05, 3.63) is 77.4 Å². The molecule has 1 saturated heterocycles. The fraction of sp³-hybridized carbons (Fsp3) is 0.333. The number of hydrogen-bond acceptors (Lipinski definition) is 4. The molecule has 0 aliphatic carbocycles. The first-order valence-electron chi connectivity index (χ1n) is 10.5. The Kier molecular flexibility index (Phi) is 6.32. The molecule has 3 aromatic rings. The lowest BCUT2D eigenvalue weighted by Gasteiger charge is -2.34. The first-order chi connectivity index (χ1) is 15.0. The average Bonchev–Trinajstić information content (AvgIpc) is 3.09. The predicted octanol–water partition coefficient (Wildman–Crippen LogP) is 3.47. The summed E-state index contributed by atoms with van der Waals surface area (Å²) < 4.78 is 20.7. The lowest BCUT2D eigenvalue weighted by Crippen LogP contribution is -2.49. The summed E-state index contributed by atoms with van der Waals surface area (Å²) in [5.41, 5.74) is 2.83. The second kappa shape index (κ2) is 9.31. The molecule has 0 spiro atoms. The molecular weight excluding hydrogens is 395 g/mol. The Morgan fingerprint density at radius 3 is 2.35 bits per heavy atom. The predicted molar refractivity (Wildman–Crippen MR) is 117 cm³/mol. The van der Waals surface area contributed by atoms with E-state index in [-0.39, 0.29) is 11.7 Å². The van der Waals surface area contributed by atoms with Gasteiger partial charge in [0.1, 0.15) is 18.2 Å². The molecule has 1 aromatic heterocycles. The van der Waals surface area contributed by atoms with Crippen molar-refractivity contribution >= 4 is 5.91 Å². The minimum atomic E-state index is -0.298. The molecule has 162 valence electrons. The van der Waals surface area contributed by atoms with Crippen molar-refractivity contribution in [1.29, 1.82) is 0 Å². The highest BCUT2D eigenvalue weighted by atomic mass is 19.1. The zero-order valence-corrected chi connectivity index (χ0v) is 17.9. The zero-order valence-electron chi connectivity index (χ0n) is 17.9. The summed E-state index contributed by atoms with van der Waals surface area (Å²) in [4.78, 5) is 17.4. The molecule has 4 rings (SSSR count). The van der Waals surface area contributed by atoms with Crippen LogP contribution in [0.25, 0.3) is 5.69 Å². The molecule has 2 aromatic carbocycles. The molecule has 0 N–H and O–H groups in total. The van der Waals surface area contributed by atoms with E-state index in [1.807, 2.05) is 49.1 Å². The van der Waals surface area contributed by atoms with Gasteiger partial charge in [-0.3, -0.25) is 9.69 Å². The van der Waals surface area contributed by atoms with Gasteiger partial charge in [-0.15, -0.1) is 0 Å². The summed E-state index contributed by atoms with van der Waals surface area (Å²) in [6.07, 6.45) is 0. The normalized spacial score (nSPS) is 14.6. The highest BCUT2D eigenvalue weighted by Crippen LogP contribution is 2.21. The third kappa shape index (κ3) is 4.77. The molecule has 1 amide bonds. The van der Waals surface area contributed by atoms with E-state index >= 15 is 0 Å². The van der Waals surface area contributed by atoms with E-state index in [0.717, 1.165) is 36.8 Å². The van der Waals surface area contributed by atoms with E-state index in [9.17, 15) is 9.18 Å². The van der Waals surface area contributed by atoms with Crippen LogP contribution in [-0.4, -0.2) is 64.8 Å². The van der Waals surface area contributed by atoms with Gasteiger partial charge in [-0.25, -0.2) is 9.07 Å². The Bertz CT molecular complexity index is 1030. The summed E-state index contributed by atoms with van der Waals surface area (Å²) >= 11 is 0. The smallest absolute Gasteiger partial charge is 0.257 e. The second-order valence-corrected chi connectivity index (χ2v) is 7.73. The lowest BCUT2D eigenvalue weighted by atomic mass is 10.1. The fourth-order valence-electron chi connectivity index (χ4n) is 3.93. The first kappa shape index (κ1) is 21.1. The van der Waals surface area contributed by atoms with Crippen LogP contribution in [0.3, 0.4) is 0 Å². The van der Waals surface area contributed by atoms with Crippen LogP contribution in [0.4, 0.5) is 4.39 Å². The van der Waals surface area contributed by atoms with Crippen molar-refractivity contribution in [2.24, 2.45) is 0 Å². The van der Waals surface area contributed by atoms with Gasteiger partial charge in [-0.1, -0.05) is 18.2 Å². The maximum Gasteiger partial charge on any atom is 0.257 e. The number of halogens is 1. The molecule has 0 unspecified atom stereocenters. The third-order valence-electron chi connectivity index (χ3n) is 5.66. The number of carbonyl (C=O) groups is 1. The van der Waals surface area contributed by atoms with Crippen LogP contribution in [0.1, 0.15) is 21.7 Å². The van der Waals surface area contributed by atoms with Gasteiger partial charge in [0.2, 0.25) is 0 Å². The molecule has 1 fully saturated rings. The van der Waals surface area contributed by atoms with Gasteiger partial charge in [0.15, 0.2) is 0 Å². The zero-order chi connectivity index (χ0) is 21.8. The van der Waals surface area contributed by atoms with Crippen molar-refractivity contribution in [3.63, 3.8) is 0 Å². The Morgan fingerprint density at radius 2 is 1.68 bits per heavy atom. The van der Waals surface area contributed by atoms with Crippen LogP contribution >= 0.6 is 0 Å². The van der Waals surface area contributed by atoms with Crippen molar-refractivity contribution in [3.8, 4) is 11.4 Å². The van der Waals surface area contributed by atoms with E-state index in [1.165, 1.54) is 12.1 Å². The molecule has 0 atom stereocenters. The van der Waals surface area contributed by atoms with Crippen LogP contribution in [0, 0.1) is 19.7 Å². The number of para-hydroxylation sites is 1. The number of aryl methyl sites for hydroxylation is 1. The number of rotatable bonds is 6. The quantitative estimate of drug-likeness (QED) is 0.611. The minimum Gasteiger partial charge on any atom is -0.492 e. The van der Waals surface area contributed by atoms with E-state index in [0.29, 0.717) is 31.0 Å². The van der Waals surface area contributed by atoms with E-state index in [4.69, 9.17) is 4.74 Å². The van der Waals surface area contributed by atoms with Crippen LogP contribution in [-0.2, 0) is 0 Å². The summed E-state index contributed by atoms with van der Waals surface area (Å²) in [7, 11) is 0. The minimum absolute atomic E-state index is 0.00328. The maximum absolute atomic E-state index is 13.3. The number of aromatic nitrogens is 2. The summed E-state index contributed by atoms with van der Waals surface area (Å²) in [5, 5.41) is 4.53. The highest BCUT2D eigenvalue weighted by Gasteiger charge is 2.27. The molecule has 0 saturated carbocycles. The Balaban J connectivity index is 1.35. The van der Waals surface area contributed by atoms with Gasteiger partial charge in [0, 0.05) is 32.7 Å². The van der Waals surface area contributed by atoms with Gasteiger partial charge < -0.3 is 9.64 Å². The van der Waals surface area contributed by atoms with Crippen LogP contribution in [0.15, 0.2) is 54.6 Å². The number of hydrogen-bond donors (Lipinski definition) is 0. The number of ether oxygens (including phenoxy) is 1. The number of piperazine rings is 1. The van der Waals surface area contributed by atoms with E-state index in [2.05, 4.69) is 10.00 Å². The molecule has 6 nitrogen and oxygen atoms in total. The Hall–Kier alpha value is -3.19. The molecule has 31 heavy (non-hydrogen) atoms. The van der Waals surface area contributed by atoms with Crippen molar-refractivity contribution in [2.45, 2.75) is 13.8 Å². The molecule has 0 bridgehead atoms. The lowest BCUT2D eigenvalue weighted by molar-refractivity contribution is 0.0619. The van der Waals surface area contributed by atoms with Gasteiger partial charge >= 0.3 is 0 Å². The summed E-state index contributed by atoms with van der Waals surface area (Å²) in [5.74, 6) is 0.581. The van der Waals surface area contributed by atoms with Crippen molar-refractivity contribution in [2.75, 3.05) is 39.3 Å². The molecule has 1 aliphatic heterocycles. The molecule has 7 heteroatoms.